The van der Waals surface area contributed by atoms with Gasteiger partial charge in [0.25, 0.3) is 0 Å². The minimum atomic E-state index is -1.23. The maximum atomic E-state index is 12.0. The smallest absolute Gasteiger partial charge is 0.465 e. The van der Waals surface area contributed by atoms with Crippen LogP contribution < -0.4 is 0 Å². The van der Waals surface area contributed by atoms with Gasteiger partial charge in [0.05, 0.1) is 97.8 Å². The highest BCUT2D eigenvalue weighted by molar-refractivity contribution is 9.09. The molecule has 2 aromatic rings. The first-order chi connectivity index (χ1) is 65.6. The molecule has 2 saturated heterocycles. The van der Waals surface area contributed by atoms with Crippen LogP contribution >= 0.6 is 63.7 Å². The highest BCUT2D eigenvalue weighted by Crippen LogP contribution is 2.28. The maximum Gasteiger partial charge on any atom is 0.508 e. The molecule has 40 nitrogen and oxygen atoms in total. The average Bonchev–Trinajstić information content (AvgIpc) is 0.820. The summed E-state index contributed by atoms with van der Waals surface area (Å²) in [6.45, 7) is 29.9. The lowest BCUT2D eigenvalue weighted by molar-refractivity contribution is -0.167. The summed E-state index contributed by atoms with van der Waals surface area (Å²) in [7, 11) is 3.11. The molecule has 2 heterocycles. The van der Waals surface area contributed by atoms with Crippen LogP contribution in [0.2, 0.25) is 0 Å². The predicted molar refractivity (Wildman–Crippen MR) is 545 cm³/mol. The third-order valence-corrected chi connectivity index (χ3v) is 19.9. The molecule has 0 aliphatic carbocycles. The molecule has 0 amide bonds. The van der Waals surface area contributed by atoms with Crippen molar-refractivity contribution >= 4 is 159 Å². The van der Waals surface area contributed by atoms with E-state index in [2.05, 4.69) is 106 Å². The number of aliphatic hydroxyl groups excluding tert-OH is 6. The van der Waals surface area contributed by atoms with Gasteiger partial charge in [-0.2, -0.15) is 0 Å². The summed E-state index contributed by atoms with van der Waals surface area (Å²) in [4.78, 5) is 176. The lowest BCUT2D eigenvalue weighted by atomic mass is 9.93. The normalized spacial score (nSPS) is 13.8. The lowest BCUT2D eigenvalue weighted by Gasteiger charge is -2.29. The van der Waals surface area contributed by atoms with Crippen molar-refractivity contribution in [1.29, 1.82) is 0 Å². The SMILES string of the molecule is C.C.C.C.CC(=O)OCC(C)(CO)C(=O)OCCCBr.CC(=O)OCC(C)(CO)C(=O)OCCCBr.CC(CO)(CO)C(=O)OCc1ccccc1.CC1(C(=O)OCCCBr)COC(=O)OC1.CCCC.CCOC(=O)C(C)(CO)COC(C)=O.CCOC(=O)C(C)(CO)COC(C)=O.CCOC(=O)C1(C)COC(=O)OC1.COCC(C)(COC)C(=O)OCc1ccccc1.[3H]C(Br)C(=O)CCC.[3H]CC(=O)CC. The molecular weight excluding hydrogens is 2140 g/mol. The second-order valence-electron chi connectivity index (χ2n) is 32.1. The molecule has 142 heavy (non-hydrogen) atoms. The van der Waals surface area contributed by atoms with Gasteiger partial charge < -0.3 is 121 Å². The summed E-state index contributed by atoms with van der Waals surface area (Å²) in [5.41, 5.74) is -6.59. The fourth-order valence-electron chi connectivity index (χ4n) is 8.16. The molecule has 0 spiro atoms. The van der Waals surface area contributed by atoms with Crippen molar-refractivity contribution in [3.8, 4) is 0 Å². The molecule has 2 fully saturated rings. The van der Waals surface area contributed by atoms with Gasteiger partial charge in [-0.05, 0) is 120 Å². The number of ketones is 2. The molecule has 0 aromatic heterocycles. The number of benzene rings is 2. The van der Waals surface area contributed by atoms with Gasteiger partial charge in [-0.1, -0.05) is 195 Å². The van der Waals surface area contributed by atoms with Crippen LogP contribution in [0.5, 0.6) is 0 Å². The minimum absolute atomic E-state index is 0. The van der Waals surface area contributed by atoms with E-state index in [1.165, 1.54) is 75.2 Å². The number of ether oxygens (including phenoxy) is 18. The molecule has 5 unspecified atom stereocenters. The van der Waals surface area contributed by atoms with Gasteiger partial charge in [-0.3, -0.25) is 62.3 Å². The fourth-order valence-corrected chi connectivity index (χ4v) is 9.08. The number of rotatable bonds is 47. The van der Waals surface area contributed by atoms with Gasteiger partial charge in [0, 0.05) is 73.5 Å². The van der Waals surface area contributed by atoms with Crippen LogP contribution in [0.1, 0.15) is 233 Å². The lowest BCUT2D eigenvalue weighted by Crippen LogP contribution is -2.44. The van der Waals surface area contributed by atoms with Gasteiger partial charge in [0.2, 0.25) is 0 Å². The molecule has 4 rings (SSSR count). The van der Waals surface area contributed by atoms with Crippen LogP contribution in [0, 0.1) is 43.3 Å². The van der Waals surface area contributed by atoms with E-state index in [4.69, 9.17) is 90.2 Å². The van der Waals surface area contributed by atoms with E-state index in [1.54, 1.807) is 62.7 Å². The van der Waals surface area contributed by atoms with Crippen LogP contribution in [-0.2, 0) is 166 Å². The Morgan fingerprint density at radius 2 is 0.634 bits per heavy atom. The average molecular weight is 2310 g/mol. The Morgan fingerprint density at radius 3 is 0.845 bits per heavy atom. The van der Waals surface area contributed by atoms with Crippen LogP contribution in [0.3, 0.4) is 0 Å². The third kappa shape index (κ3) is 76.2. The Kier molecular flexibility index (Phi) is 98.5. The number of methoxy groups -OCH3 is 2. The number of alkyl halides is 4. The number of hydrogen-bond donors (Lipinski definition) is 6. The first-order valence-corrected chi connectivity index (χ1v) is 48.2. The fraction of sp³-hybridized carbons (Fsp3) is 0.714. The standard InChI is InChI=1S/C14H20O4.C12H16O4.2C10H17BrO5.C9H13BrO5.2C9H16O5.C8H12O5.C5H9BrO.C4H8O.C4H10.4CH4/c1-14(10-16-2,11-17-3)13(15)18-9-12-7-5-4-6-8-12;1-12(8-13,9-14)11(15)16-7-10-5-3-2-4-6-10;2*1-8(13)16-7-10(2,6-12)9(14)15-5-3-4-11;1-9(5-14-8(12)15-6-9)7(11)13-4-2-3-10;2*1-4-13-8(12)9(3,5-10)6-14-7(2)11;1-3-11-6(9)8(2)4-12-7(10)13-5-8;1-2-3-5(7)4-6;1-3-4(2)5;1-3-4-2;;;;/h4-8H,9-11H2,1-3H3;2-6,13-14H,7-9H2,1H3;2*12H,3-7H2,1-2H3;2-6H2,1H3;2*10H,4-6H2,1-3H3;3-5H2,1-2H3;2-4H2,1H3;3H2,1-2H3;3-4H2,1-2H3;4*1H4/i;;;;;;;;4T;2T;;;;;. The van der Waals surface area contributed by atoms with Crippen LogP contribution in [0.4, 0.5) is 9.59 Å². The highest BCUT2D eigenvalue weighted by atomic mass is 79.9. The quantitative estimate of drug-likeness (QED) is 0.0155. The molecule has 44 heteroatoms. The molecule has 0 saturated carbocycles. The van der Waals surface area contributed by atoms with Gasteiger partial charge in [-0.15, -0.1) is 0 Å². The molecule has 0 bridgehead atoms. The van der Waals surface area contributed by atoms with E-state index >= 15 is 0 Å². The first kappa shape index (κ1) is 151. The van der Waals surface area contributed by atoms with Gasteiger partial charge >= 0.3 is 83.9 Å². The monoisotopic (exact) mass is 2310 g/mol. The Balaban J connectivity index is -0.000000152. The summed E-state index contributed by atoms with van der Waals surface area (Å²) in [5, 5.41) is 55.8. The number of hydrogen-bond acceptors (Lipinski definition) is 40. The number of Topliss-reactive ketones (excluding diaryl/α,β-unsaturated/α-hetero) is 2. The Hall–Kier alpha value is -8.44. The molecule has 2 aliphatic rings. The molecule has 0 radical (unpaired) electrons. The number of halogens is 4. The Bertz CT molecular complexity index is 3660. The van der Waals surface area contributed by atoms with Crippen LogP contribution in [-0.4, -0.2) is 307 Å². The van der Waals surface area contributed by atoms with Crippen molar-refractivity contribution in [2.24, 2.45) is 43.3 Å². The number of aliphatic hydroxyl groups is 6. The number of cyclic esters (lactones) is 4. The maximum absolute atomic E-state index is 12.0. The molecular formula is C98H170Br4O40. The van der Waals surface area contributed by atoms with Crippen LogP contribution in [0.25, 0.3) is 0 Å². The summed E-state index contributed by atoms with van der Waals surface area (Å²) < 4.78 is 100. The summed E-state index contributed by atoms with van der Waals surface area (Å²) in [5.74, 6) is -5.94. The van der Waals surface area contributed by atoms with Crippen molar-refractivity contribution in [2.75, 3.05) is 181 Å². The summed E-state index contributed by atoms with van der Waals surface area (Å²) in [6.07, 6.45) is 5.16. The topological polar surface area (TPSA) is 561 Å². The number of carbonyl (C=O) groups is 16. The van der Waals surface area contributed by atoms with Crippen molar-refractivity contribution < 1.29 is 195 Å². The van der Waals surface area contributed by atoms with Crippen molar-refractivity contribution in [2.45, 2.75) is 233 Å². The van der Waals surface area contributed by atoms with Gasteiger partial charge in [-0.25, -0.2) is 9.59 Å². The second-order valence-corrected chi connectivity index (χ2v) is 35.0. The van der Waals surface area contributed by atoms with Crippen molar-refractivity contribution in [3.63, 3.8) is 0 Å². The third-order valence-electron chi connectivity index (χ3n) is 17.7. The van der Waals surface area contributed by atoms with Crippen LogP contribution in [0.15, 0.2) is 60.7 Å². The second kappa shape index (κ2) is 92.4. The molecule has 830 valence electrons. The zero-order valence-corrected chi connectivity index (χ0v) is 90.2. The van der Waals surface area contributed by atoms with E-state index in [9.17, 15) is 76.7 Å². The summed E-state index contributed by atoms with van der Waals surface area (Å²) >= 11 is 12.5. The van der Waals surface area contributed by atoms with Crippen molar-refractivity contribution in [3.05, 3.63) is 71.8 Å². The zero-order chi connectivity index (χ0) is 109. The largest absolute Gasteiger partial charge is 0.508 e. The summed E-state index contributed by atoms with van der Waals surface area (Å²) in [6, 6.07) is 18.8. The van der Waals surface area contributed by atoms with E-state index in [0.717, 1.165) is 40.0 Å². The van der Waals surface area contributed by atoms with E-state index in [-0.39, 0.29) is 160 Å². The minimum Gasteiger partial charge on any atom is -0.465 e. The number of unbranched alkanes of at least 4 members (excludes halogenated alkanes) is 1. The highest BCUT2D eigenvalue weighted by Gasteiger charge is 2.45. The molecule has 5 atom stereocenters. The Morgan fingerprint density at radius 1 is 0.373 bits per heavy atom. The molecule has 6 N–H and O–H groups in total. The zero-order valence-electron chi connectivity index (χ0n) is 85.9. The van der Waals surface area contributed by atoms with E-state index in [0.29, 0.717) is 38.9 Å². The Labute approximate surface area is 878 Å². The number of carbonyl (C=O) groups excluding carboxylic acids is 16. The van der Waals surface area contributed by atoms with E-state index < -0.39 is 166 Å². The van der Waals surface area contributed by atoms with Crippen molar-refractivity contribution in [1.82, 2.24) is 0 Å². The van der Waals surface area contributed by atoms with E-state index in [1.807, 2.05) is 67.6 Å². The molecule has 2 aromatic carbocycles. The first-order valence-electron chi connectivity index (χ1n) is 45.2. The molecule has 2 aliphatic heterocycles. The predicted octanol–water partition coefficient (Wildman–Crippen LogP) is 14.0. The number of esters is 12. The van der Waals surface area contributed by atoms with Gasteiger partial charge in [0.15, 0.2) is 0 Å². The van der Waals surface area contributed by atoms with Gasteiger partial charge in [0.1, 0.15) is 121 Å².